The molecule has 2 unspecified atom stereocenters. The number of hydrogen-bond donors (Lipinski definition) is 2. The molecule has 0 aromatic carbocycles. The van der Waals surface area contributed by atoms with Crippen LogP contribution in [0.25, 0.3) is 0 Å². The fourth-order valence-electron chi connectivity index (χ4n) is 1.67. The van der Waals surface area contributed by atoms with E-state index in [4.69, 9.17) is 4.42 Å². The minimum Gasteiger partial charge on any atom is -0.469 e. The summed E-state index contributed by atoms with van der Waals surface area (Å²) in [6, 6.07) is 3.63. The zero-order chi connectivity index (χ0) is 13.6. The molecule has 2 N–H and O–H groups in total. The lowest BCUT2D eigenvalue weighted by Gasteiger charge is -2.18. The Balaban J connectivity index is 2.41. The molecule has 1 heterocycles. The van der Waals surface area contributed by atoms with E-state index in [0.29, 0.717) is 6.54 Å². The van der Waals surface area contributed by atoms with Crippen LogP contribution in [0.5, 0.6) is 0 Å². The maximum absolute atomic E-state index is 11.9. The number of nitrogens with one attached hydrogen (secondary N) is 2. The van der Waals surface area contributed by atoms with Gasteiger partial charge < -0.3 is 9.73 Å². The van der Waals surface area contributed by atoms with Crippen molar-refractivity contribution in [1.29, 1.82) is 0 Å². The van der Waals surface area contributed by atoms with Crippen molar-refractivity contribution in [3.63, 3.8) is 0 Å². The molecule has 0 spiro atoms. The Hall–Kier alpha value is -0.850. The molecule has 0 aliphatic carbocycles. The third kappa shape index (κ3) is 4.80. The Labute approximate surface area is 109 Å². The molecule has 2 atom stereocenters. The number of sulfonamides is 1. The molecule has 0 amide bonds. The maximum atomic E-state index is 11.9. The summed E-state index contributed by atoms with van der Waals surface area (Å²) in [6.45, 7) is 4.00. The van der Waals surface area contributed by atoms with Gasteiger partial charge in [-0.2, -0.15) is 0 Å². The predicted octanol–water partition coefficient (Wildman–Crippen LogP) is 1.13. The van der Waals surface area contributed by atoms with Crippen LogP contribution >= 0.6 is 0 Å². The van der Waals surface area contributed by atoms with Gasteiger partial charge in [0.1, 0.15) is 5.76 Å². The topological polar surface area (TPSA) is 71.3 Å². The van der Waals surface area contributed by atoms with Gasteiger partial charge in [0, 0.05) is 19.0 Å². The summed E-state index contributed by atoms with van der Waals surface area (Å²) < 4.78 is 31.7. The second-order valence-electron chi connectivity index (χ2n) is 4.55. The van der Waals surface area contributed by atoms with Crippen LogP contribution in [-0.2, 0) is 16.4 Å². The first kappa shape index (κ1) is 15.2. The first-order valence-corrected chi connectivity index (χ1v) is 7.68. The normalized spacial score (nSPS) is 15.5. The standard InChI is InChI=1S/C12H22N2O3S/c1-10(6-7-12-5-4-8-17-12)14-18(15,16)11(2)9-13-3/h4-5,8,10-11,13-14H,6-7,9H2,1-3H3. The summed E-state index contributed by atoms with van der Waals surface area (Å²) in [5.74, 6) is 0.879. The fraction of sp³-hybridized carbons (Fsp3) is 0.667. The van der Waals surface area contributed by atoms with E-state index in [1.54, 1.807) is 20.2 Å². The average Bonchev–Trinajstić information content (AvgIpc) is 2.79. The monoisotopic (exact) mass is 274 g/mol. The number of furan rings is 1. The lowest BCUT2D eigenvalue weighted by Crippen LogP contribution is -2.42. The molecule has 6 heteroatoms. The molecule has 0 aliphatic rings. The van der Waals surface area contributed by atoms with E-state index in [9.17, 15) is 8.42 Å². The van der Waals surface area contributed by atoms with Crippen molar-refractivity contribution in [2.45, 2.75) is 38.0 Å². The van der Waals surface area contributed by atoms with Crippen LogP contribution in [0.1, 0.15) is 26.0 Å². The smallest absolute Gasteiger partial charge is 0.215 e. The van der Waals surface area contributed by atoms with E-state index in [2.05, 4.69) is 10.0 Å². The predicted molar refractivity (Wildman–Crippen MR) is 71.9 cm³/mol. The fourth-order valence-corrected chi connectivity index (χ4v) is 2.96. The summed E-state index contributed by atoms with van der Waals surface area (Å²) in [6.07, 6.45) is 3.08. The molecule has 1 aromatic heterocycles. The molecule has 18 heavy (non-hydrogen) atoms. The Morgan fingerprint density at radius 3 is 2.67 bits per heavy atom. The van der Waals surface area contributed by atoms with Crippen LogP contribution in [0.4, 0.5) is 0 Å². The quantitative estimate of drug-likeness (QED) is 0.745. The lowest BCUT2D eigenvalue weighted by atomic mass is 10.2. The van der Waals surface area contributed by atoms with Crippen LogP contribution in [0.3, 0.4) is 0 Å². The van der Waals surface area contributed by atoms with Crippen molar-refractivity contribution in [3.05, 3.63) is 24.2 Å². The van der Waals surface area contributed by atoms with Gasteiger partial charge in [0.2, 0.25) is 10.0 Å². The first-order valence-electron chi connectivity index (χ1n) is 6.14. The molecule has 0 radical (unpaired) electrons. The molecule has 104 valence electrons. The van der Waals surface area contributed by atoms with Gasteiger partial charge in [-0.15, -0.1) is 0 Å². The highest BCUT2D eigenvalue weighted by Gasteiger charge is 2.21. The van der Waals surface area contributed by atoms with Crippen molar-refractivity contribution >= 4 is 10.0 Å². The molecule has 0 fully saturated rings. The molecule has 1 rings (SSSR count). The third-order valence-electron chi connectivity index (χ3n) is 2.79. The van der Waals surface area contributed by atoms with E-state index >= 15 is 0 Å². The van der Waals surface area contributed by atoms with E-state index in [-0.39, 0.29) is 6.04 Å². The highest BCUT2D eigenvalue weighted by Crippen LogP contribution is 2.07. The summed E-state index contributed by atoms with van der Waals surface area (Å²) in [5, 5.41) is 2.43. The van der Waals surface area contributed by atoms with Crippen LogP contribution in [0, 0.1) is 0 Å². The zero-order valence-electron chi connectivity index (χ0n) is 11.1. The summed E-state index contributed by atoms with van der Waals surface area (Å²) in [5.41, 5.74) is 0. The number of rotatable bonds is 8. The van der Waals surface area contributed by atoms with Gasteiger partial charge in [-0.1, -0.05) is 0 Å². The van der Waals surface area contributed by atoms with Crippen LogP contribution in [-0.4, -0.2) is 33.3 Å². The minimum atomic E-state index is -3.26. The van der Waals surface area contributed by atoms with Gasteiger partial charge in [-0.3, -0.25) is 0 Å². The zero-order valence-corrected chi connectivity index (χ0v) is 12.0. The van der Waals surface area contributed by atoms with Gasteiger partial charge in [0.25, 0.3) is 0 Å². The average molecular weight is 274 g/mol. The molecule has 0 saturated heterocycles. The van der Waals surface area contributed by atoms with Gasteiger partial charge in [0.05, 0.1) is 11.5 Å². The second-order valence-corrected chi connectivity index (χ2v) is 6.68. The molecular formula is C12H22N2O3S. The summed E-state index contributed by atoms with van der Waals surface area (Å²) >= 11 is 0. The van der Waals surface area contributed by atoms with Gasteiger partial charge in [-0.05, 0) is 39.4 Å². The van der Waals surface area contributed by atoms with Gasteiger partial charge in [0.15, 0.2) is 0 Å². The van der Waals surface area contributed by atoms with Crippen molar-refractivity contribution < 1.29 is 12.8 Å². The largest absolute Gasteiger partial charge is 0.469 e. The summed E-state index contributed by atoms with van der Waals surface area (Å²) in [4.78, 5) is 0. The van der Waals surface area contributed by atoms with Crippen molar-refractivity contribution in [2.24, 2.45) is 0 Å². The Bertz CT molecular complexity index is 428. The van der Waals surface area contributed by atoms with Crippen molar-refractivity contribution in [3.8, 4) is 0 Å². The van der Waals surface area contributed by atoms with Crippen molar-refractivity contribution in [1.82, 2.24) is 10.0 Å². The Morgan fingerprint density at radius 1 is 1.39 bits per heavy atom. The molecule has 0 aliphatic heterocycles. The van der Waals surface area contributed by atoms with E-state index < -0.39 is 15.3 Å². The van der Waals surface area contributed by atoms with Gasteiger partial charge >= 0.3 is 0 Å². The number of hydrogen-bond acceptors (Lipinski definition) is 4. The van der Waals surface area contributed by atoms with Crippen LogP contribution in [0.15, 0.2) is 22.8 Å². The van der Waals surface area contributed by atoms with E-state index in [1.165, 1.54) is 0 Å². The Morgan fingerprint density at radius 2 is 2.11 bits per heavy atom. The maximum Gasteiger partial charge on any atom is 0.215 e. The molecule has 0 bridgehead atoms. The van der Waals surface area contributed by atoms with Crippen molar-refractivity contribution in [2.75, 3.05) is 13.6 Å². The van der Waals surface area contributed by atoms with Crippen LogP contribution < -0.4 is 10.0 Å². The molecular weight excluding hydrogens is 252 g/mol. The molecule has 0 saturated carbocycles. The summed E-state index contributed by atoms with van der Waals surface area (Å²) in [7, 11) is -1.51. The third-order valence-corrected chi connectivity index (χ3v) is 4.75. The van der Waals surface area contributed by atoms with E-state index in [1.807, 2.05) is 19.1 Å². The number of aryl methyl sites for hydroxylation is 1. The van der Waals surface area contributed by atoms with Crippen LogP contribution in [0.2, 0.25) is 0 Å². The lowest BCUT2D eigenvalue weighted by molar-refractivity contribution is 0.478. The molecule has 5 nitrogen and oxygen atoms in total. The highest BCUT2D eigenvalue weighted by atomic mass is 32.2. The van der Waals surface area contributed by atoms with E-state index in [0.717, 1.165) is 18.6 Å². The minimum absolute atomic E-state index is 0.0978. The highest BCUT2D eigenvalue weighted by molar-refractivity contribution is 7.90. The second kappa shape index (κ2) is 6.92. The SMILES string of the molecule is CNCC(C)S(=O)(=O)NC(C)CCc1ccco1. The van der Waals surface area contributed by atoms with Gasteiger partial charge in [-0.25, -0.2) is 13.1 Å². The first-order chi connectivity index (χ1) is 8.45. The molecule has 1 aromatic rings. The Kier molecular flexibility index (Phi) is 5.84.